The predicted octanol–water partition coefficient (Wildman–Crippen LogP) is 7.33. The van der Waals surface area contributed by atoms with E-state index in [2.05, 4.69) is 10.2 Å². The molecular formula is C23H14ClN3OS2. The fourth-order valence-electron chi connectivity index (χ4n) is 2.84. The van der Waals surface area contributed by atoms with Crippen molar-refractivity contribution >= 4 is 34.7 Å². The highest BCUT2D eigenvalue weighted by Gasteiger charge is 2.21. The molecule has 0 N–H and O–H groups in total. The molecule has 0 unspecified atom stereocenters. The number of halogens is 1. The molecule has 5 rings (SSSR count). The summed E-state index contributed by atoms with van der Waals surface area (Å²) >= 11 is 9.01. The van der Waals surface area contributed by atoms with Gasteiger partial charge in [-0.05, 0) is 48.2 Å². The molecule has 5 aromatic rings. The first kappa shape index (κ1) is 19.1. The molecule has 0 atom stereocenters. The van der Waals surface area contributed by atoms with Crippen LogP contribution in [0.5, 0.6) is 0 Å². The number of hydrogen-bond acceptors (Lipinski definition) is 6. The maximum Gasteiger partial charge on any atom is 0.228 e. The Balaban J connectivity index is 1.56. The van der Waals surface area contributed by atoms with Gasteiger partial charge in [0.1, 0.15) is 5.01 Å². The van der Waals surface area contributed by atoms with Gasteiger partial charge in [-0.15, -0.1) is 10.2 Å². The highest BCUT2D eigenvalue weighted by atomic mass is 35.5. The highest BCUT2D eigenvalue weighted by Crippen LogP contribution is 2.41. The minimum Gasteiger partial charge on any atom is -0.429 e. The molecule has 0 aliphatic heterocycles. The van der Waals surface area contributed by atoms with Crippen LogP contribution < -0.4 is 0 Å². The van der Waals surface area contributed by atoms with Crippen LogP contribution in [0.2, 0.25) is 5.02 Å². The van der Waals surface area contributed by atoms with E-state index in [1.165, 1.54) is 23.1 Å². The predicted molar refractivity (Wildman–Crippen MR) is 122 cm³/mol. The molecule has 0 amide bonds. The van der Waals surface area contributed by atoms with Gasteiger partial charge in [-0.3, -0.25) is 0 Å². The molecule has 2 aromatic heterocycles. The third kappa shape index (κ3) is 4.03. The molecule has 0 bridgehead atoms. The van der Waals surface area contributed by atoms with E-state index < -0.39 is 0 Å². The van der Waals surface area contributed by atoms with Crippen molar-refractivity contribution < 1.29 is 4.42 Å². The molecule has 0 saturated carbocycles. The summed E-state index contributed by atoms with van der Waals surface area (Å²) in [7, 11) is 0. The summed E-state index contributed by atoms with van der Waals surface area (Å²) < 4.78 is 6.16. The zero-order chi connectivity index (χ0) is 20.3. The minimum atomic E-state index is 0.554. The van der Waals surface area contributed by atoms with Gasteiger partial charge in [-0.25, -0.2) is 4.98 Å². The molecule has 0 aliphatic rings. The van der Waals surface area contributed by atoms with E-state index in [4.69, 9.17) is 21.0 Å². The van der Waals surface area contributed by atoms with Crippen molar-refractivity contribution in [3.05, 3.63) is 90.0 Å². The number of nitrogens with zero attached hydrogens (tertiary/aromatic N) is 3. The van der Waals surface area contributed by atoms with E-state index in [9.17, 15) is 0 Å². The number of oxazole rings is 1. The lowest BCUT2D eigenvalue weighted by Crippen LogP contribution is -1.81. The maximum atomic E-state index is 6.16. The zero-order valence-electron chi connectivity index (χ0n) is 15.5. The van der Waals surface area contributed by atoms with Crippen LogP contribution in [0.15, 0.2) is 99.3 Å². The second-order valence-corrected chi connectivity index (χ2v) is 8.82. The van der Waals surface area contributed by atoms with Crippen LogP contribution in [-0.2, 0) is 0 Å². The van der Waals surface area contributed by atoms with Crippen LogP contribution in [0.3, 0.4) is 0 Å². The molecule has 7 heteroatoms. The normalized spacial score (nSPS) is 11.0. The summed E-state index contributed by atoms with van der Waals surface area (Å²) in [5, 5.41) is 11.7. The van der Waals surface area contributed by atoms with E-state index in [1.54, 1.807) is 0 Å². The van der Waals surface area contributed by atoms with E-state index in [-0.39, 0.29) is 0 Å². The van der Waals surface area contributed by atoms with Crippen LogP contribution in [0.4, 0.5) is 0 Å². The number of benzene rings is 3. The van der Waals surface area contributed by atoms with Gasteiger partial charge in [0.2, 0.25) is 5.89 Å². The molecule has 146 valence electrons. The molecule has 2 heterocycles. The van der Waals surface area contributed by atoms with Crippen molar-refractivity contribution in [3.63, 3.8) is 0 Å². The smallest absolute Gasteiger partial charge is 0.228 e. The molecular weight excluding hydrogens is 434 g/mol. The summed E-state index contributed by atoms with van der Waals surface area (Å²) in [6.07, 6.45) is 0. The first-order valence-electron chi connectivity index (χ1n) is 9.15. The molecule has 0 spiro atoms. The Morgan fingerprint density at radius 1 is 0.733 bits per heavy atom. The summed E-state index contributed by atoms with van der Waals surface area (Å²) in [4.78, 5) is 5.77. The lowest BCUT2D eigenvalue weighted by molar-refractivity contribution is 0.485. The van der Waals surface area contributed by atoms with Gasteiger partial charge >= 0.3 is 0 Å². The highest BCUT2D eigenvalue weighted by molar-refractivity contribution is 7.99. The van der Waals surface area contributed by atoms with Gasteiger partial charge in [0.15, 0.2) is 15.8 Å². The average molecular weight is 448 g/mol. The lowest BCUT2D eigenvalue weighted by atomic mass is 10.2. The van der Waals surface area contributed by atoms with Gasteiger partial charge in [-0.2, -0.15) is 0 Å². The maximum absolute atomic E-state index is 6.16. The quantitative estimate of drug-likeness (QED) is 0.282. The standard InChI is InChI=1S/C23H14ClN3OS2/c24-17-11-13-18(14-12-17)29-23-19(25-20(28-23)15-7-3-1-4-8-15)22-27-26-21(30-22)16-9-5-2-6-10-16/h1-14H. The van der Waals surface area contributed by atoms with Gasteiger partial charge in [-0.1, -0.05) is 71.5 Å². The van der Waals surface area contributed by atoms with Gasteiger partial charge < -0.3 is 4.42 Å². The van der Waals surface area contributed by atoms with Crippen LogP contribution >= 0.6 is 34.7 Å². The van der Waals surface area contributed by atoms with Crippen molar-refractivity contribution in [2.75, 3.05) is 0 Å². The van der Waals surface area contributed by atoms with Crippen molar-refractivity contribution in [2.24, 2.45) is 0 Å². The summed E-state index contributed by atoms with van der Waals surface area (Å²) in [6.45, 7) is 0. The molecule has 0 saturated heterocycles. The van der Waals surface area contributed by atoms with Crippen molar-refractivity contribution in [2.45, 2.75) is 9.99 Å². The van der Waals surface area contributed by atoms with Crippen molar-refractivity contribution in [1.82, 2.24) is 15.2 Å². The average Bonchev–Trinajstić information content (AvgIpc) is 3.44. The third-order valence-electron chi connectivity index (χ3n) is 4.29. The molecule has 30 heavy (non-hydrogen) atoms. The summed E-state index contributed by atoms with van der Waals surface area (Å²) in [6, 6.07) is 27.5. The Kier molecular flexibility index (Phi) is 5.36. The van der Waals surface area contributed by atoms with E-state index >= 15 is 0 Å². The second-order valence-electron chi connectivity index (χ2n) is 6.36. The Morgan fingerprint density at radius 3 is 2.07 bits per heavy atom. The SMILES string of the molecule is Clc1ccc(Sc2oc(-c3ccccc3)nc2-c2nnc(-c3ccccc3)s2)cc1. The number of rotatable bonds is 5. The van der Waals surface area contributed by atoms with Crippen LogP contribution in [0.1, 0.15) is 0 Å². The van der Waals surface area contributed by atoms with Gasteiger partial charge in [0.25, 0.3) is 0 Å². The molecule has 0 radical (unpaired) electrons. The fraction of sp³-hybridized carbons (Fsp3) is 0. The van der Waals surface area contributed by atoms with Crippen LogP contribution in [-0.4, -0.2) is 15.2 Å². The molecule has 0 fully saturated rings. The first-order chi connectivity index (χ1) is 14.8. The second kappa shape index (κ2) is 8.44. The summed E-state index contributed by atoms with van der Waals surface area (Å²) in [5.74, 6) is 0.554. The third-order valence-corrected chi connectivity index (χ3v) is 6.49. The van der Waals surface area contributed by atoms with Crippen molar-refractivity contribution in [1.29, 1.82) is 0 Å². The Morgan fingerprint density at radius 2 is 1.37 bits per heavy atom. The zero-order valence-corrected chi connectivity index (χ0v) is 17.9. The summed E-state index contributed by atoms with van der Waals surface area (Å²) in [5.41, 5.74) is 2.63. The van der Waals surface area contributed by atoms with E-state index in [0.29, 0.717) is 21.7 Å². The Bertz CT molecular complexity index is 1270. The van der Waals surface area contributed by atoms with Crippen molar-refractivity contribution in [3.8, 4) is 32.7 Å². The number of aromatic nitrogens is 3. The largest absolute Gasteiger partial charge is 0.429 e. The molecule has 3 aromatic carbocycles. The van der Waals surface area contributed by atoms with Crippen LogP contribution in [0.25, 0.3) is 32.7 Å². The fourth-order valence-corrected chi connectivity index (χ4v) is 4.71. The molecule has 0 aliphatic carbocycles. The van der Waals surface area contributed by atoms with E-state index in [1.807, 2.05) is 84.9 Å². The number of hydrogen-bond donors (Lipinski definition) is 0. The van der Waals surface area contributed by atoms with Gasteiger partial charge in [0, 0.05) is 21.0 Å². The van der Waals surface area contributed by atoms with Gasteiger partial charge in [0.05, 0.1) is 0 Å². The minimum absolute atomic E-state index is 0.554. The lowest BCUT2D eigenvalue weighted by Gasteiger charge is -1.99. The first-order valence-corrected chi connectivity index (χ1v) is 11.2. The Hall–Kier alpha value is -2.93. The molecule has 4 nitrogen and oxygen atoms in total. The van der Waals surface area contributed by atoms with E-state index in [0.717, 1.165) is 26.0 Å². The monoisotopic (exact) mass is 447 g/mol. The Labute approximate surface area is 186 Å². The van der Waals surface area contributed by atoms with Crippen LogP contribution in [0, 0.1) is 0 Å². The topological polar surface area (TPSA) is 51.8 Å².